The molecular weight excluding hydrogens is 318 g/mol. The lowest BCUT2D eigenvalue weighted by molar-refractivity contribution is -0.460. The van der Waals surface area contributed by atoms with Crippen LogP contribution in [0.1, 0.15) is 11.1 Å². The van der Waals surface area contributed by atoms with Crippen molar-refractivity contribution in [1.82, 2.24) is 5.43 Å². The van der Waals surface area contributed by atoms with Gasteiger partial charge in [-0.25, -0.2) is 4.99 Å². The molecule has 22 heavy (non-hydrogen) atoms. The van der Waals surface area contributed by atoms with Crippen LogP contribution in [0.4, 0.5) is 32.0 Å². The van der Waals surface area contributed by atoms with E-state index in [1.807, 2.05) is 5.43 Å². The summed E-state index contributed by atoms with van der Waals surface area (Å²) in [5.41, 5.74) is 8.98. The van der Waals surface area contributed by atoms with E-state index in [0.717, 1.165) is 0 Å². The summed E-state index contributed by atoms with van der Waals surface area (Å²) < 4.78 is 75.8. The maximum absolute atomic E-state index is 12.6. The summed E-state index contributed by atoms with van der Waals surface area (Å²) >= 11 is 0. The van der Waals surface area contributed by atoms with Crippen molar-refractivity contribution in [2.75, 3.05) is 0 Å². The molecule has 0 aliphatic heterocycles. The summed E-state index contributed by atoms with van der Waals surface area (Å²) in [5, 5.41) is 0. The molecule has 0 saturated heterocycles. The van der Waals surface area contributed by atoms with Gasteiger partial charge in [-0.1, -0.05) is 0 Å². The van der Waals surface area contributed by atoms with E-state index in [1.54, 1.807) is 0 Å². The van der Waals surface area contributed by atoms with E-state index < -0.39 is 35.1 Å². The maximum Gasteiger partial charge on any atom is 0.416 e. The van der Waals surface area contributed by atoms with Crippen LogP contribution in [0, 0.1) is 0 Å². The van der Waals surface area contributed by atoms with Crippen molar-refractivity contribution in [2.24, 2.45) is 17.3 Å². The summed E-state index contributed by atoms with van der Waals surface area (Å²) in [6, 6.07) is 0.933. The molecule has 0 saturated carbocycles. The summed E-state index contributed by atoms with van der Waals surface area (Å²) in [6.45, 7) is 0. The topological polar surface area (TPSA) is 118 Å². The molecule has 6 nitrogen and oxygen atoms in total. The molecule has 0 radical (unpaired) electrons. The first kappa shape index (κ1) is 17.6. The molecule has 0 unspecified atom stereocenters. The first-order valence-electron chi connectivity index (χ1n) is 5.48. The Labute approximate surface area is 119 Å². The minimum atomic E-state index is -4.95. The Morgan fingerprint density at radius 2 is 1.36 bits per heavy atom. The molecule has 0 amide bonds. The van der Waals surface area contributed by atoms with Gasteiger partial charge in [0.05, 0.1) is 11.1 Å². The van der Waals surface area contributed by atoms with E-state index in [2.05, 4.69) is 9.98 Å². The molecule has 1 aromatic rings. The highest BCUT2D eigenvalue weighted by Gasteiger charge is 2.37. The number of rotatable bonds is 1. The van der Waals surface area contributed by atoms with Crippen molar-refractivity contribution < 1.29 is 36.3 Å². The van der Waals surface area contributed by atoms with Crippen molar-refractivity contribution in [2.45, 2.75) is 12.4 Å². The molecule has 0 atom stereocenters. The van der Waals surface area contributed by atoms with Crippen LogP contribution in [0.25, 0.3) is 0 Å². The lowest BCUT2D eigenvalue weighted by Gasteiger charge is -2.12. The quantitative estimate of drug-likeness (QED) is 0.113. The maximum atomic E-state index is 12.6. The van der Waals surface area contributed by atoms with Crippen LogP contribution >= 0.6 is 0 Å². The van der Waals surface area contributed by atoms with Crippen molar-refractivity contribution >= 4 is 17.6 Å². The van der Waals surface area contributed by atoms with E-state index >= 15 is 0 Å². The molecule has 0 aliphatic rings. The molecule has 0 aromatic heterocycles. The summed E-state index contributed by atoms with van der Waals surface area (Å²) in [4.78, 5) is 4.29. The zero-order valence-electron chi connectivity index (χ0n) is 10.7. The summed E-state index contributed by atoms with van der Waals surface area (Å²) in [6.07, 6.45) is -9.91. The zero-order chi connectivity index (χ0) is 17.1. The molecule has 0 aliphatic carbocycles. The van der Waals surface area contributed by atoms with Gasteiger partial charge in [0, 0.05) is 0 Å². The number of halogens is 6. The Morgan fingerprint density at radius 3 is 1.73 bits per heavy atom. The molecule has 0 fully saturated rings. The fraction of sp³-hybridized carbons (Fsp3) is 0.200. The fourth-order valence-electron chi connectivity index (χ4n) is 1.40. The van der Waals surface area contributed by atoms with Gasteiger partial charge < -0.3 is 0 Å². The van der Waals surface area contributed by atoms with E-state index in [4.69, 9.17) is 17.3 Å². The minimum Gasteiger partial charge on any atom is -0.274 e. The number of nitrogens with two attached hydrogens (primary N) is 3. The van der Waals surface area contributed by atoms with E-state index in [9.17, 15) is 26.3 Å². The second-order valence-electron chi connectivity index (χ2n) is 4.02. The Kier molecular flexibility index (Phi) is 4.86. The van der Waals surface area contributed by atoms with Crippen molar-refractivity contribution in [3.8, 4) is 0 Å². The van der Waals surface area contributed by atoms with E-state index in [1.165, 1.54) is 0 Å². The minimum absolute atomic E-state index is 0.00325. The Morgan fingerprint density at radius 1 is 0.909 bits per heavy atom. The largest absolute Gasteiger partial charge is 0.416 e. The molecule has 122 valence electrons. The third-order valence-electron chi connectivity index (χ3n) is 2.29. The lowest BCUT2D eigenvalue weighted by Crippen LogP contribution is -2.96. The molecule has 0 bridgehead atoms. The van der Waals surface area contributed by atoms with Gasteiger partial charge in [0.25, 0.3) is 0 Å². The third kappa shape index (κ3) is 4.80. The molecule has 0 heterocycles. The number of hydrazine groups is 1. The van der Waals surface area contributed by atoms with Gasteiger partial charge in [-0.05, 0) is 18.2 Å². The number of hydrogen-bond acceptors (Lipinski definition) is 1. The van der Waals surface area contributed by atoms with Crippen molar-refractivity contribution in [1.29, 1.82) is 0 Å². The Balaban J connectivity index is 3.39. The average Bonchev–Trinajstić information content (AvgIpc) is 2.35. The summed E-state index contributed by atoms with van der Waals surface area (Å²) in [7, 11) is 0. The van der Waals surface area contributed by atoms with Crippen LogP contribution < -0.4 is 32.7 Å². The highest BCUT2D eigenvalue weighted by atomic mass is 19.4. The highest BCUT2D eigenvalue weighted by molar-refractivity contribution is 5.76. The predicted octanol–water partition coefficient (Wildman–Crippen LogP) is -2.39. The van der Waals surface area contributed by atoms with Crippen molar-refractivity contribution in [3.63, 3.8) is 0 Å². The van der Waals surface area contributed by atoms with Gasteiger partial charge in [0.2, 0.25) is 0 Å². The van der Waals surface area contributed by atoms with Gasteiger partial charge in [-0.15, -0.1) is 0 Å². The first-order chi connectivity index (χ1) is 9.93. The lowest BCUT2D eigenvalue weighted by atomic mass is 10.1. The van der Waals surface area contributed by atoms with E-state index in [-0.39, 0.29) is 12.0 Å². The zero-order valence-corrected chi connectivity index (χ0v) is 10.7. The SMILES string of the molecule is NNC(N)=[NH+]C(N)=[NH+]c1cc(C(F)(F)F)cc(C(F)(F)F)c1. The van der Waals surface area contributed by atoms with Crippen molar-refractivity contribution in [3.05, 3.63) is 29.3 Å². The van der Waals surface area contributed by atoms with Gasteiger partial charge in [0.15, 0.2) is 0 Å². The number of benzene rings is 1. The second kappa shape index (κ2) is 6.09. The number of nitrogens with one attached hydrogen (secondary N) is 3. The van der Waals surface area contributed by atoms with Gasteiger partial charge >= 0.3 is 24.3 Å². The Bertz CT molecular complexity index is 571. The highest BCUT2D eigenvalue weighted by Crippen LogP contribution is 2.36. The molecular formula is C10H12F6N6+2. The van der Waals surface area contributed by atoms with Crippen LogP contribution in [0.15, 0.2) is 18.2 Å². The molecule has 9 N–H and O–H groups in total. The molecule has 1 rings (SSSR count). The van der Waals surface area contributed by atoms with Crippen LogP contribution in [0.5, 0.6) is 0 Å². The van der Waals surface area contributed by atoms with Crippen LogP contribution in [0.2, 0.25) is 0 Å². The average molecular weight is 330 g/mol. The summed E-state index contributed by atoms with van der Waals surface area (Å²) in [5.74, 6) is 4.21. The van der Waals surface area contributed by atoms with E-state index in [0.29, 0.717) is 12.1 Å². The predicted molar refractivity (Wildman–Crippen MR) is 63.7 cm³/mol. The smallest absolute Gasteiger partial charge is 0.274 e. The monoisotopic (exact) mass is 330 g/mol. The van der Waals surface area contributed by atoms with Crippen LogP contribution in [0.3, 0.4) is 0 Å². The Hall–Kier alpha value is -2.50. The first-order valence-corrected chi connectivity index (χ1v) is 5.48. The van der Waals surface area contributed by atoms with Crippen LogP contribution in [-0.4, -0.2) is 11.9 Å². The van der Waals surface area contributed by atoms with Gasteiger partial charge in [-0.3, -0.25) is 11.5 Å². The fourth-order valence-corrected chi connectivity index (χ4v) is 1.40. The molecule has 1 aromatic carbocycles. The number of guanidine groups is 2. The van der Waals surface area contributed by atoms with Gasteiger partial charge in [0.1, 0.15) is 5.69 Å². The van der Waals surface area contributed by atoms with Crippen LogP contribution in [-0.2, 0) is 12.4 Å². The standard InChI is InChI=1S/C10H10F6N6/c11-9(12,13)4-1-5(10(14,15)16)3-6(2-4)20-7(17)21-8(18)22-19/h1-3H,19H2,(H5,17,18,20,21,22)/p+2. The third-order valence-corrected chi connectivity index (χ3v) is 2.29. The van der Waals surface area contributed by atoms with Gasteiger partial charge in [-0.2, -0.15) is 42.6 Å². The molecule has 0 spiro atoms. The number of alkyl halides is 6. The molecule has 12 heteroatoms. The second-order valence-corrected chi connectivity index (χ2v) is 4.02. The normalized spacial score (nSPS) is 14.1. The number of hydrogen-bond donors (Lipinski definition) is 6.